The molecule has 0 saturated carbocycles. The molecule has 0 aliphatic rings. The molecule has 0 aliphatic carbocycles. The average Bonchev–Trinajstić information content (AvgIpc) is 2.43. The molecule has 0 radical (unpaired) electrons. The molecule has 0 unspecified atom stereocenters. The first-order valence-electron chi connectivity index (χ1n) is 6.20. The van der Waals surface area contributed by atoms with E-state index >= 15 is 0 Å². The summed E-state index contributed by atoms with van der Waals surface area (Å²) in [7, 11) is -3.79. The second kappa shape index (κ2) is 6.29. The largest absolute Gasteiger partial charge is 0.508 e. The number of thiol groups is 1. The highest BCUT2D eigenvalue weighted by molar-refractivity contribution is 7.92. The quantitative estimate of drug-likeness (QED) is 0.509. The van der Waals surface area contributed by atoms with Crippen molar-refractivity contribution in [1.82, 2.24) is 0 Å². The normalized spacial score (nSPS) is 11.0. The Kier molecular flexibility index (Phi) is 4.62. The minimum Gasteiger partial charge on any atom is -0.508 e. The van der Waals surface area contributed by atoms with Gasteiger partial charge in [0.25, 0.3) is 10.0 Å². The summed E-state index contributed by atoms with van der Waals surface area (Å²) in [6.07, 6.45) is 0. The molecule has 2 aromatic carbocycles. The zero-order valence-electron chi connectivity index (χ0n) is 11.6. The predicted molar refractivity (Wildman–Crippen MR) is 86.9 cm³/mol. The number of carbonyl (C=O) groups excluding carboxylic acids is 1. The summed E-state index contributed by atoms with van der Waals surface area (Å²) in [4.78, 5) is 11.4. The lowest BCUT2D eigenvalue weighted by Crippen LogP contribution is -2.13. The number of phenols is 1. The van der Waals surface area contributed by atoms with Gasteiger partial charge in [-0.15, -0.1) is 12.6 Å². The Labute approximate surface area is 133 Å². The third-order valence-electron chi connectivity index (χ3n) is 2.71. The third-order valence-corrected chi connectivity index (χ3v) is 4.46. The standard InChI is InChI=1S/C14H14N2O4S2/c1-9(17)15-13-7-6-12(8-14(13)21)22(19,20)16-10-2-4-11(18)5-3-10/h2-8,16,18,21H,1H3,(H,15,17). The number of nitrogens with one attached hydrogen (secondary N) is 2. The molecule has 2 aromatic rings. The first-order valence-corrected chi connectivity index (χ1v) is 8.13. The molecule has 0 saturated heterocycles. The highest BCUT2D eigenvalue weighted by Crippen LogP contribution is 2.25. The number of carbonyl (C=O) groups is 1. The highest BCUT2D eigenvalue weighted by atomic mass is 32.2. The second-order valence-corrected chi connectivity index (χ2v) is 6.68. The molecule has 0 atom stereocenters. The Balaban J connectivity index is 2.27. The van der Waals surface area contributed by atoms with Crippen molar-refractivity contribution in [2.45, 2.75) is 16.7 Å². The topological polar surface area (TPSA) is 95.5 Å². The van der Waals surface area contributed by atoms with E-state index in [0.29, 0.717) is 16.3 Å². The number of anilines is 2. The lowest BCUT2D eigenvalue weighted by molar-refractivity contribution is -0.114. The van der Waals surface area contributed by atoms with Gasteiger partial charge in [0, 0.05) is 17.5 Å². The maximum Gasteiger partial charge on any atom is 0.261 e. The van der Waals surface area contributed by atoms with Crippen LogP contribution in [0.1, 0.15) is 6.92 Å². The SMILES string of the molecule is CC(=O)Nc1ccc(S(=O)(=O)Nc2ccc(O)cc2)cc1S. The first kappa shape index (κ1) is 16.2. The molecular weight excluding hydrogens is 324 g/mol. The van der Waals surface area contributed by atoms with Crippen molar-refractivity contribution < 1.29 is 18.3 Å². The van der Waals surface area contributed by atoms with Crippen molar-refractivity contribution >= 4 is 39.9 Å². The van der Waals surface area contributed by atoms with E-state index in [1.165, 1.54) is 49.4 Å². The zero-order valence-corrected chi connectivity index (χ0v) is 13.3. The molecule has 0 bridgehead atoms. The number of aromatic hydroxyl groups is 1. The summed E-state index contributed by atoms with van der Waals surface area (Å²) in [5, 5.41) is 11.7. The van der Waals surface area contributed by atoms with Crippen LogP contribution in [0.25, 0.3) is 0 Å². The van der Waals surface area contributed by atoms with Crippen LogP contribution in [0.15, 0.2) is 52.3 Å². The Hall–Kier alpha value is -2.19. The summed E-state index contributed by atoms with van der Waals surface area (Å²) in [6.45, 7) is 1.35. The van der Waals surface area contributed by atoms with Gasteiger partial charge < -0.3 is 10.4 Å². The van der Waals surface area contributed by atoms with Crippen molar-refractivity contribution in [2.24, 2.45) is 0 Å². The van der Waals surface area contributed by atoms with Crippen LogP contribution in [0.4, 0.5) is 11.4 Å². The van der Waals surface area contributed by atoms with Crippen molar-refractivity contribution in [3.8, 4) is 5.75 Å². The van der Waals surface area contributed by atoms with E-state index in [9.17, 15) is 18.3 Å². The number of benzene rings is 2. The lowest BCUT2D eigenvalue weighted by atomic mass is 10.3. The van der Waals surface area contributed by atoms with Crippen LogP contribution in [0.5, 0.6) is 5.75 Å². The fourth-order valence-electron chi connectivity index (χ4n) is 1.72. The van der Waals surface area contributed by atoms with E-state index in [1.54, 1.807) is 0 Å². The molecule has 0 spiro atoms. The molecule has 2 rings (SSSR count). The fraction of sp³-hybridized carbons (Fsp3) is 0.0714. The van der Waals surface area contributed by atoms with Gasteiger partial charge in [0.05, 0.1) is 10.6 Å². The molecule has 1 amide bonds. The number of hydrogen-bond donors (Lipinski definition) is 4. The van der Waals surface area contributed by atoms with Crippen LogP contribution >= 0.6 is 12.6 Å². The molecule has 8 heteroatoms. The fourth-order valence-corrected chi connectivity index (χ4v) is 3.16. The van der Waals surface area contributed by atoms with E-state index in [2.05, 4.69) is 22.7 Å². The Morgan fingerprint density at radius 1 is 1.14 bits per heavy atom. The van der Waals surface area contributed by atoms with Gasteiger partial charge in [0.2, 0.25) is 5.91 Å². The van der Waals surface area contributed by atoms with E-state index < -0.39 is 10.0 Å². The van der Waals surface area contributed by atoms with E-state index in [0.717, 1.165) is 0 Å². The molecule has 22 heavy (non-hydrogen) atoms. The highest BCUT2D eigenvalue weighted by Gasteiger charge is 2.16. The van der Waals surface area contributed by atoms with Crippen LogP contribution in [0, 0.1) is 0 Å². The van der Waals surface area contributed by atoms with Gasteiger partial charge in [-0.1, -0.05) is 0 Å². The maximum atomic E-state index is 12.3. The van der Waals surface area contributed by atoms with Crippen LogP contribution in [0.3, 0.4) is 0 Å². The molecule has 6 nitrogen and oxygen atoms in total. The Morgan fingerprint density at radius 2 is 1.77 bits per heavy atom. The van der Waals surface area contributed by atoms with Crippen molar-refractivity contribution in [3.05, 3.63) is 42.5 Å². The van der Waals surface area contributed by atoms with Crippen LogP contribution < -0.4 is 10.0 Å². The number of hydrogen-bond acceptors (Lipinski definition) is 5. The third kappa shape index (κ3) is 3.92. The Bertz CT molecular complexity index is 802. The Morgan fingerprint density at radius 3 is 2.32 bits per heavy atom. The van der Waals surface area contributed by atoms with Gasteiger partial charge >= 0.3 is 0 Å². The zero-order chi connectivity index (χ0) is 16.3. The summed E-state index contributed by atoms with van der Waals surface area (Å²) in [5.74, 6) is -0.228. The van der Waals surface area contributed by atoms with Gasteiger partial charge in [0.15, 0.2) is 0 Å². The number of amides is 1. The number of rotatable bonds is 4. The van der Waals surface area contributed by atoms with E-state index in [4.69, 9.17) is 0 Å². The van der Waals surface area contributed by atoms with Gasteiger partial charge in [-0.3, -0.25) is 9.52 Å². The van der Waals surface area contributed by atoms with Crippen LogP contribution in [-0.2, 0) is 14.8 Å². The monoisotopic (exact) mass is 338 g/mol. The van der Waals surface area contributed by atoms with Gasteiger partial charge in [0.1, 0.15) is 5.75 Å². The predicted octanol–water partition coefficient (Wildman–Crippen LogP) is 2.44. The van der Waals surface area contributed by atoms with E-state index in [-0.39, 0.29) is 16.6 Å². The van der Waals surface area contributed by atoms with E-state index in [1.807, 2.05) is 0 Å². The minimum atomic E-state index is -3.79. The molecule has 0 aromatic heterocycles. The summed E-state index contributed by atoms with van der Waals surface area (Å²) < 4.78 is 26.9. The number of phenolic OH excluding ortho intramolecular Hbond substituents is 1. The maximum absolute atomic E-state index is 12.3. The van der Waals surface area contributed by atoms with Gasteiger partial charge in [-0.25, -0.2) is 8.42 Å². The number of sulfonamides is 1. The van der Waals surface area contributed by atoms with Crippen molar-refractivity contribution in [3.63, 3.8) is 0 Å². The molecule has 116 valence electrons. The average molecular weight is 338 g/mol. The molecule has 0 fully saturated rings. The van der Waals surface area contributed by atoms with Crippen LogP contribution in [-0.4, -0.2) is 19.4 Å². The van der Waals surface area contributed by atoms with Crippen molar-refractivity contribution in [1.29, 1.82) is 0 Å². The second-order valence-electron chi connectivity index (χ2n) is 4.51. The van der Waals surface area contributed by atoms with Gasteiger partial charge in [-0.2, -0.15) is 0 Å². The first-order chi connectivity index (χ1) is 10.3. The molecular formula is C14H14N2O4S2. The smallest absolute Gasteiger partial charge is 0.261 e. The summed E-state index contributed by atoms with van der Waals surface area (Å²) in [5.41, 5.74) is 0.754. The van der Waals surface area contributed by atoms with Crippen LogP contribution in [0.2, 0.25) is 0 Å². The summed E-state index contributed by atoms with van der Waals surface area (Å²) in [6, 6.07) is 9.82. The molecule has 3 N–H and O–H groups in total. The summed E-state index contributed by atoms with van der Waals surface area (Å²) >= 11 is 4.17. The van der Waals surface area contributed by atoms with Crippen molar-refractivity contribution in [2.75, 3.05) is 10.0 Å². The molecule has 0 heterocycles. The minimum absolute atomic E-state index is 0.0136. The van der Waals surface area contributed by atoms with Gasteiger partial charge in [-0.05, 0) is 42.5 Å². The lowest BCUT2D eigenvalue weighted by Gasteiger charge is -2.11. The molecule has 0 aliphatic heterocycles.